The van der Waals surface area contributed by atoms with Crippen molar-refractivity contribution in [2.75, 3.05) is 33.3 Å². The van der Waals surface area contributed by atoms with Crippen LogP contribution in [0.4, 0.5) is 0 Å². The van der Waals surface area contributed by atoms with Crippen molar-refractivity contribution >= 4 is 11.8 Å². The molecule has 2 aromatic carbocycles. The maximum atomic E-state index is 12.2. The number of hydrogen-bond acceptors (Lipinski definition) is 4. The van der Waals surface area contributed by atoms with E-state index in [0.29, 0.717) is 44.3 Å². The van der Waals surface area contributed by atoms with Gasteiger partial charge >= 0.3 is 0 Å². The summed E-state index contributed by atoms with van der Waals surface area (Å²) in [4.78, 5) is 24.5. The van der Waals surface area contributed by atoms with Gasteiger partial charge < -0.3 is 25.0 Å². The van der Waals surface area contributed by atoms with Gasteiger partial charge in [0.25, 0.3) is 11.8 Å². The number of hydrogen-bond donors (Lipinski definition) is 3. The Balaban J connectivity index is 1.51. The summed E-state index contributed by atoms with van der Waals surface area (Å²) in [5.41, 5.74) is 2.00. The fourth-order valence-corrected chi connectivity index (χ4v) is 3.07. The third kappa shape index (κ3) is 5.72. The molecule has 28 heavy (non-hydrogen) atoms. The fraction of sp³-hybridized carbons (Fsp3) is 0.333. The zero-order valence-corrected chi connectivity index (χ0v) is 16.0. The standard InChI is InChI=1S/C21H25N3O4/c1-27-19-11-17(7-8-18(19)28-15-16-5-3-2-4-6-16)12-23-21(26)14-24-10-9-22-20(25)13-24/h2-8,11H,9-10,12-15H2,1H3,(H,22,25)(H,23,26)/p+1. The number of methoxy groups -OCH3 is 1. The summed E-state index contributed by atoms with van der Waals surface area (Å²) in [7, 11) is 1.60. The highest BCUT2D eigenvalue weighted by molar-refractivity contribution is 5.79. The normalized spacial score (nSPS) is 16.2. The highest BCUT2D eigenvalue weighted by Crippen LogP contribution is 2.28. The summed E-state index contributed by atoms with van der Waals surface area (Å²) < 4.78 is 11.3. The van der Waals surface area contributed by atoms with E-state index in [1.807, 2.05) is 48.5 Å². The lowest BCUT2D eigenvalue weighted by atomic mass is 10.2. The summed E-state index contributed by atoms with van der Waals surface area (Å²) in [6.07, 6.45) is 0. The van der Waals surface area contributed by atoms with Crippen LogP contribution in [0.25, 0.3) is 0 Å². The van der Waals surface area contributed by atoms with Crippen LogP contribution in [0.3, 0.4) is 0 Å². The predicted octanol–water partition coefficient (Wildman–Crippen LogP) is -0.0949. The van der Waals surface area contributed by atoms with Crippen LogP contribution in [0, 0.1) is 0 Å². The Kier molecular flexibility index (Phi) is 6.86. The lowest BCUT2D eigenvalue weighted by molar-refractivity contribution is -0.885. The van der Waals surface area contributed by atoms with E-state index in [1.54, 1.807) is 7.11 Å². The van der Waals surface area contributed by atoms with Gasteiger partial charge in [-0.1, -0.05) is 36.4 Å². The molecule has 0 radical (unpaired) electrons. The Morgan fingerprint density at radius 3 is 2.71 bits per heavy atom. The van der Waals surface area contributed by atoms with Crippen LogP contribution in [0.15, 0.2) is 48.5 Å². The van der Waals surface area contributed by atoms with Gasteiger partial charge in [0, 0.05) is 6.54 Å². The molecule has 3 N–H and O–H groups in total. The molecule has 1 unspecified atom stereocenters. The van der Waals surface area contributed by atoms with E-state index in [9.17, 15) is 9.59 Å². The molecule has 1 atom stereocenters. The molecule has 0 aromatic heterocycles. The molecule has 1 saturated heterocycles. The number of quaternary nitrogens is 1. The van der Waals surface area contributed by atoms with E-state index >= 15 is 0 Å². The largest absolute Gasteiger partial charge is 0.493 e. The average Bonchev–Trinajstić information content (AvgIpc) is 2.71. The Morgan fingerprint density at radius 1 is 1.14 bits per heavy atom. The summed E-state index contributed by atoms with van der Waals surface area (Å²) in [6.45, 7) is 2.87. The van der Waals surface area contributed by atoms with E-state index in [2.05, 4.69) is 10.6 Å². The monoisotopic (exact) mass is 384 g/mol. The van der Waals surface area contributed by atoms with Crippen molar-refractivity contribution in [2.45, 2.75) is 13.2 Å². The van der Waals surface area contributed by atoms with Gasteiger partial charge in [0.05, 0.1) is 20.2 Å². The van der Waals surface area contributed by atoms with Gasteiger partial charge in [-0.3, -0.25) is 9.59 Å². The average molecular weight is 384 g/mol. The molecule has 2 amide bonds. The molecule has 7 heteroatoms. The number of ether oxygens (including phenoxy) is 2. The summed E-state index contributed by atoms with van der Waals surface area (Å²) >= 11 is 0. The second-order valence-electron chi connectivity index (χ2n) is 6.74. The number of benzene rings is 2. The Bertz CT molecular complexity index is 811. The minimum Gasteiger partial charge on any atom is -0.493 e. The smallest absolute Gasteiger partial charge is 0.275 e. The van der Waals surface area contributed by atoms with E-state index in [-0.39, 0.29) is 11.8 Å². The lowest BCUT2D eigenvalue weighted by Crippen LogP contribution is -3.16. The van der Waals surface area contributed by atoms with Crippen molar-refractivity contribution in [3.8, 4) is 11.5 Å². The van der Waals surface area contributed by atoms with Gasteiger partial charge in [-0.05, 0) is 23.3 Å². The predicted molar refractivity (Wildman–Crippen MR) is 104 cm³/mol. The van der Waals surface area contributed by atoms with Crippen LogP contribution in [0.5, 0.6) is 11.5 Å². The van der Waals surface area contributed by atoms with E-state index < -0.39 is 0 Å². The summed E-state index contributed by atoms with van der Waals surface area (Å²) in [5.74, 6) is 1.20. The molecule has 0 saturated carbocycles. The quantitative estimate of drug-likeness (QED) is 0.594. The van der Waals surface area contributed by atoms with E-state index in [4.69, 9.17) is 9.47 Å². The van der Waals surface area contributed by atoms with Crippen molar-refractivity contribution in [3.05, 3.63) is 59.7 Å². The maximum absolute atomic E-state index is 12.2. The summed E-state index contributed by atoms with van der Waals surface area (Å²) in [6, 6.07) is 15.5. The molecule has 1 heterocycles. The van der Waals surface area contributed by atoms with Crippen molar-refractivity contribution in [2.24, 2.45) is 0 Å². The van der Waals surface area contributed by atoms with Crippen LogP contribution < -0.4 is 25.0 Å². The van der Waals surface area contributed by atoms with Crippen LogP contribution >= 0.6 is 0 Å². The topological polar surface area (TPSA) is 81.1 Å². The molecule has 1 fully saturated rings. The Hall–Kier alpha value is -3.06. The number of rotatable bonds is 8. The summed E-state index contributed by atoms with van der Waals surface area (Å²) in [5, 5.41) is 5.67. The van der Waals surface area contributed by atoms with Crippen LogP contribution in [0.2, 0.25) is 0 Å². The number of piperazine rings is 1. The number of amides is 2. The molecule has 1 aliphatic heterocycles. The third-order valence-corrected chi connectivity index (χ3v) is 4.58. The second-order valence-corrected chi connectivity index (χ2v) is 6.74. The maximum Gasteiger partial charge on any atom is 0.275 e. The first-order valence-corrected chi connectivity index (χ1v) is 9.34. The minimum absolute atomic E-state index is 0.00937. The van der Waals surface area contributed by atoms with Crippen molar-refractivity contribution < 1.29 is 24.0 Å². The molecular weight excluding hydrogens is 358 g/mol. The molecule has 0 spiro atoms. The fourth-order valence-electron chi connectivity index (χ4n) is 3.07. The lowest BCUT2D eigenvalue weighted by Gasteiger charge is -2.22. The van der Waals surface area contributed by atoms with Crippen molar-refractivity contribution in [3.63, 3.8) is 0 Å². The molecule has 7 nitrogen and oxygen atoms in total. The SMILES string of the molecule is COc1cc(CNC(=O)C[NH+]2CCNC(=O)C2)ccc1OCc1ccccc1. The van der Waals surface area contributed by atoms with E-state index in [1.165, 1.54) is 0 Å². The molecule has 0 bridgehead atoms. The molecule has 2 aromatic rings. The molecule has 1 aliphatic rings. The highest BCUT2D eigenvalue weighted by atomic mass is 16.5. The van der Waals surface area contributed by atoms with Gasteiger partial charge in [0.15, 0.2) is 24.6 Å². The number of carbonyl (C=O) groups is 2. The van der Waals surface area contributed by atoms with Gasteiger partial charge in [0.1, 0.15) is 6.61 Å². The third-order valence-electron chi connectivity index (χ3n) is 4.58. The van der Waals surface area contributed by atoms with Crippen molar-refractivity contribution in [1.29, 1.82) is 0 Å². The van der Waals surface area contributed by atoms with Gasteiger partial charge in [0.2, 0.25) is 0 Å². The molecule has 148 valence electrons. The van der Waals surface area contributed by atoms with Gasteiger partial charge in [-0.15, -0.1) is 0 Å². The highest BCUT2D eigenvalue weighted by Gasteiger charge is 2.21. The number of carbonyl (C=O) groups excluding carboxylic acids is 2. The Morgan fingerprint density at radius 2 is 1.96 bits per heavy atom. The Labute approximate surface area is 164 Å². The van der Waals surface area contributed by atoms with Gasteiger partial charge in [-0.25, -0.2) is 0 Å². The molecule has 0 aliphatic carbocycles. The zero-order valence-electron chi connectivity index (χ0n) is 16.0. The first kappa shape index (κ1) is 19.7. The van der Waals surface area contributed by atoms with Crippen LogP contribution in [0.1, 0.15) is 11.1 Å². The zero-order chi connectivity index (χ0) is 19.8. The second kappa shape index (κ2) is 9.75. The molecule has 3 rings (SSSR count). The van der Waals surface area contributed by atoms with Crippen molar-refractivity contribution in [1.82, 2.24) is 10.6 Å². The molecular formula is C21H26N3O4+. The van der Waals surface area contributed by atoms with E-state index in [0.717, 1.165) is 22.6 Å². The van der Waals surface area contributed by atoms with Crippen LogP contribution in [-0.2, 0) is 22.7 Å². The number of nitrogens with one attached hydrogen (secondary N) is 3. The van der Waals surface area contributed by atoms with Crippen LogP contribution in [-0.4, -0.2) is 45.1 Å². The first-order valence-electron chi connectivity index (χ1n) is 9.34. The minimum atomic E-state index is -0.0759. The first-order chi connectivity index (χ1) is 13.6. The van der Waals surface area contributed by atoms with Gasteiger partial charge in [-0.2, -0.15) is 0 Å².